The lowest BCUT2D eigenvalue weighted by Gasteiger charge is -2.30. The molecule has 0 saturated heterocycles. The summed E-state index contributed by atoms with van der Waals surface area (Å²) < 4.78 is 0. The topological polar surface area (TPSA) is 107 Å². The molecule has 1 aromatic rings. The van der Waals surface area contributed by atoms with Crippen LogP contribution in [0.5, 0.6) is 11.5 Å². The molecular weight excluding hydrogens is 262 g/mol. The van der Waals surface area contributed by atoms with Crippen molar-refractivity contribution < 1.29 is 24.9 Å². The second-order valence-electron chi connectivity index (χ2n) is 5.69. The number of nitrogens with one attached hydrogen (secondary N) is 1. The molecule has 4 N–H and O–H groups in total. The number of hydrogen-bond acceptors (Lipinski definition) is 4. The lowest BCUT2D eigenvalue weighted by atomic mass is 9.84. The number of carbonyl (C=O) groups is 2. The fourth-order valence-corrected chi connectivity index (χ4v) is 1.70. The Kier molecular flexibility index (Phi) is 4.60. The molecule has 0 fully saturated rings. The van der Waals surface area contributed by atoms with Crippen molar-refractivity contribution in [1.29, 1.82) is 0 Å². The van der Waals surface area contributed by atoms with Gasteiger partial charge in [0.2, 0.25) is 0 Å². The Morgan fingerprint density at radius 2 is 1.85 bits per heavy atom. The van der Waals surface area contributed by atoms with Gasteiger partial charge in [0.1, 0.15) is 11.5 Å². The van der Waals surface area contributed by atoms with E-state index in [1.54, 1.807) is 0 Å². The Morgan fingerprint density at radius 1 is 1.25 bits per heavy atom. The Morgan fingerprint density at radius 3 is 2.30 bits per heavy atom. The smallest absolute Gasteiger partial charge is 0.305 e. The van der Waals surface area contributed by atoms with Crippen LogP contribution in [0.4, 0.5) is 0 Å². The SMILES string of the molecule is CC(C)(C)C(CC(=O)O)NC(=O)c1ccc(O)cc1O. The summed E-state index contributed by atoms with van der Waals surface area (Å²) in [7, 11) is 0. The van der Waals surface area contributed by atoms with E-state index >= 15 is 0 Å². The first-order valence-corrected chi connectivity index (χ1v) is 6.16. The number of rotatable bonds is 4. The Bertz CT molecular complexity index is 519. The zero-order valence-electron chi connectivity index (χ0n) is 11.7. The van der Waals surface area contributed by atoms with Gasteiger partial charge >= 0.3 is 5.97 Å². The molecule has 0 aliphatic carbocycles. The van der Waals surface area contributed by atoms with Crippen LogP contribution in [0.15, 0.2) is 18.2 Å². The van der Waals surface area contributed by atoms with Gasteiger partial charge in [0.25, 0.3) is 5.91 Å². The van der Waals surface area contributed by atoms with Gasteiger partial charge in [-0.15, -0.1) is 0 Å². The first kappa shape index (κ1) is 15.8. The van der Waals surface area contributed by atoms with Crippen LogP contribution in [0.1, 0.15) is 37.6 Å². The van der Waals surface area contributed by atoms with Gasteiger partial charge in [0.05, 0.1) is 12.0 Å². The minimum absolute atomic E-state index is 0.0116. The van der Waals surface area contributed by atoms with Gasteiger partial charge in [-0.3, -0.25) is 9.59 Å². The van der Waals surface area contributed by atoms with E-state index in [1.165, 1.54) is 12.1 Å². The standard InChI is InChI=1S/C14H19NO5/c1-14(2,3)11(7-12(18)19)15-13(20)9-5-4-8(16)6-10(9)17/h4-6,11,16-17H,7H2,1-3H3,(H,15,20)(H,18,19). The van der Waals surface area contributed by atoms with Crippen molar-refractivity contribution in [3.8, 4) is 11.5 Å². The summed E-state index contributed by atoms with van der Waals surface area (Å²) in [4.78, 5) is 22.9. The van der Waals surface area contributed by atoms with Crippen LogP contribution in [-0.4, -0.2) is 33.2 Å². The monoisotopic (exact) mass is 281 g/mol. The summed E-state index contributed by atoms with van der Waals surface area (Å²) >= 11 is 0. The Balaban J connectivity index is 2.93. The molecular formula is C14H19NO5. The molecule has 0 radical (unpaired) electrons. The van der Waals surface area contributed by atoms with Crippen LogP contribution in [0.3, 0.4) is 0 Å². The van der Waals surface area contributed by atoms with Crippen molar-refractivity contribution in [2.24, 2.45) is 5.41 Å². The molecule has 1 atom stereocenters. The molecule has 0 aliphatic heterocycles. The molecule has 1 rings (SSSR count). The highest BCUT2D eigenvalue weighted by Gasteiger charge is 2.29. The molecule has 110 valence electrons. The van der Waals surface area contributed by atoms with Crippen LogP contribution in [0, 0.1) is 5.41 Å². The van der Waals surface area contributed by atoms with Crippen LogP contribution in [0.2, 0.25) is 0 Å². The number of carboxylic acids is 1. The molecule has 0 aromatic heterocycles. The molecule has 0 aliphatic rings. The van der Waals surface area contributed by atoms with Crippen molar-refractivity contribution in [2.45, 2.75) is 33.2 Å². The fourth-order valence-electron chi connectivity index (χ4n) is 1.70. The number of aliphatic carboxylic acids is 1. The van der Waals surface area contributed by atoms with E-state index < -0.39 is 23.3 Å². The van der Waals surface area contributed by atoms with E-state index in [-0.39, 0.29) is 23.5 Å². The largest absolute Gasteiger partial charge is 0.508 e. The number of aromatic hydroxyl groups is 2. The minimum Gasteiger partial charge on any atom is -0.508 e. The van der Waals surface area contributed by atoms with Crippen LogP contribution < -0.4 is 5.32 Å². The molecule has 0 bridgehead atoms. The third kappa shape index (κ3) is 4.15. The van der Waals surface area contributed by atoms with Crippen molar-refractivity contribution in [2.75, 3.05) is 0 Å². The quantitative estimate of drug-likeness (QED) is 0.672. The molecule has 0 spiro atoms. The average molecular weight is 281 g/mol. The lowest BCUT2D eigenvalue weighted by molar-refractivity contribution is -0.138. The highest BCUT2D eigenvalue weighted by Crippen LogP contribution is 2.25. The van der Waals surface area contributed by atoms with Gasteiger partial charge in [-0.25, -0.2) is 0 Å². The van der Waals surface area contributed by atoms with Gasteiger partial charge in [-0.05, 0) is 17.5 Å². The van der Waals surface area contributed by atoms with Crippen molar-refractivity contribution in [3.05, 3.63) is 23.8 Å². The highest BCUT2D eigenvalue weighted by molar-refractivity contribution is 5.97. The Labute approximate surface area is 117 Å². The first-order chi connectivity index (χ1) is 9.11. The number of amides is 1. The van der Waals surface area contributed by atoms with E-state index in [9.17, 15) is 19.8 Å². The normalized spacial score (nSPS) is 12.8. The zero-order valence-corrected chi connectivity index (χ0v) is 11.7. The van der Waals surface area contributed by atoms with Gasteiger partial charge < -0.3 is 20.6 Å². The van der Waals surface area contributed by atoms with Gasteiger partial charge in [0.15, 0.2) is 0 Å². The number of carbonyl (C=O) groups excluding carboxylic acids is 1. The predicted octanol–water partition coefficient (Wildman–Crippen LogP) is 1.72. The lowest BCUT2D eigenvalue weighted by Crippen LogP contribution is -2.45. The van der Waals surface area contributed by atoms with E-state index in [1.807, 2.05) is 20.8 Å². The third-order valence-electron chi connectivity index (χ3n) is 2.96. The summed E-state index contributed by atoms with van der Waals surface area (Å²) in [5.74, 6) is -2.11. The van der Waals surface area contributed by atoms with Gasteiger partial charge in [-0.1, -0.05) is 20.8 Å². The molecule has 6 nitrogen and oxygen atoms in total. The summed E-state index contributed by atoms with van der Waals surface area (Å²) in [6.07, 6.45) is -0.214. The summed E-state index contributed by atoms with van der Waals surface area (Å²) in [6, 6.07) is 3.03. The molecule has 1 unspecified atom stereocenters. The fraction of sp³-hybridized carbons (Fsp3) is 0.429. The van der Waals surface area contributed by atoms with Crippen LogP contribution in [0.25, 0.3) is 0 Å². The number of hydrogen-bond donors (Lipinski definition) is 4. The van der Waals surface area contributed by atoms with Crippen molar-refractivity contribution in [1.82, 2.24) is 5.32 Å². The molecule has 20 heavy (non-hydrogen) atoms. The van der Waals surface area contributed by atoms with Gasteiger partial charge in [-0.2, -0.15) is 0 Å². The number of phenolic OH excluding ortho intramolecular Hbond substituents is 2. The molecule has 0 saturated carbocycles. The van der Waals surface area contributed by atoms with Crippen molar-refractivity contribution in [3.63, 3.8) is 0 Å². The molecule has 1 aromatic carbocycles. The average Bonchev–Trinajstić information content (AvgIpc) is 2.25. The molecule has 0 heterocycles. The van der Waals surface area contributed by atoms with E-state index in [2.05, 4.69) is 5.32 Å². The molecule has 1 amide bonds. The summed E-state index contributed by atoms with van der Waals surface area (Å²) in [5, 5.41) is 30.3. The first-order valence-electron chi connectivity index (χ1n) is 6.16. The number of carboxylic acid groups (broad SMARTS) is 1. The maximum Gasteiger partial charge on any atom is 0.305 e. The molecule has 6 heteroatoms. The third-order valence-corrected chi connectivity index (χ3v) is 2.96. The van der Waals surface area contributed by atoms with Crippen molar-refractivity contribution >= 4 is 11.9 Å². The van der Waals surface area contributed by atoms with E-state index in [0.717, 1.165) is 6.07 Å². The summed E-state index contributed by atoms with van der Waals surface area (Å²) in [5.41, 5.74) is -0.455. The van der Waals surface area contributed by atoms with Crippen LogP contribution >= 0.6 is 0 Å². The van der Waals surface area contributed by atoms with Gasteiger partial charge in [0, 0.05) is 12.1 Å². The summed E-state index contributed by atoms with van der Waals surface area (Å²) in [6.45, 7) is 5.45. The number of benzene rings is 1. The minimum atomic E-state index is -1.01. The number of phenols is 2. The second-order valence-corrected chi connectivity index (χ2v) is 5.69. The van der Waals surface area contributed by atoms with E-state index in [4.69, 9.17) is 5.11 Å². The van der Waals surface area contributed by atoms with E-state index in [0.29, 0.717) is 0 Å². The maximum absolute atomic E-state index is 12.1. The predicted molar refractivity (Wildman–Crippen MR) is 72.7 cm³/mol. The Hall–Kier alpha value is -2.24. The zero-order chi connectivity index (χ0) is 15.5. The maximum atomic E-state index is 12.1. The van der Waals surface area contributed by atoms with Crippen LogP contribution in [-0.2, 0) is 4.79 Å². The second kappa shape index (κ2) is 5.81. The highest BCUT2D eigenvalue weighted by atomic mass is 16.4.